The van der Waals surface area contributed by atoms with Crippen LogP contribution in [-0.4, -0.2) is 18.6 Å². The average molecular weight is 374 g/mol. The molecule has 0 saturated heterocycles. The number of nitrogens with one attached hydrogen (secondary N) is 1. The summed E-state index contributed by atoms with van der Waals surface area (Å²) in [5, 5.41) is 19.6. The van der Waals surface area contributed by atoms with Gasteiger partial charge in [0.25, 0.3) is 0 Å². The van der Waals surface area contributed by atoms with Crippen LogP contribution in [0.15, 0.2) is 54.5 Å². The van der Waals surface area contributed by atoms with Crippen molar-refractivity contribution in [2.75, 3.05) is 4.31 Å². The molecule has 0 aromatic heterocycles. The highest BCUT2D eigenvalue weighted by atomic mass is 32.2. The normalized spacial score (nSPS) is 16.3. The summed E-state index contributed by atoms with van der Waals surface area (Å²) in [6, 6.07) is 13.1. The van der Waals surface area contributed by atoms with Gasteiger partial charge in [-0.05, 0) is 40.7 Å². The Hall–Kier alpha value is -2.67. The summed E-state index contributed by atoms with van der Waals surface area (Å²) in [6.07, 6.45) is 1.62. The highest BCUT2D eigenvalue weighted by Gasteiger charge is 2.30. The first-order valence-electron chi connectivity index (χ1n) is 8.20. The molecule has 0 spiro atoms. The van der Waals surface area contributed by atoms with E-state index in [1.807, 2.05) is 4.72 Å². The molecule has 7 heteroatoms. The number of aromatic hydroxyl groups is 1. The number of phenolic OH excluding ortho intramolecular Hbond substituents is 1. The molecule has 1 heterocycles. The maximum atomic E-state index is 11.9. The van der Waals surface area contributed by atoms with E-state index in [1.165, 1.54) is 17.7 Å². The van der Waals surface area contributed by atoms with Crippen molar-refractivity contribution < 1.29 is 18.6 Å². The SMILES string of the molecule is CC(C)(C)c1ccc(Cc2ccc(N3C=C(O)NS3(=O)=O)c(O)c2)cc1. The van der Waals surface area contributed by atoms with E-state index in [9.17, 15) is 18.6 Å². The van der Waals surface area contributed by atoms with Crippen LogP contribution < -0.4 is 9.03 Å². The van der Waals surface area contributed by atoms with Gasteiger partial charge in [-0.15, -0.1) is 0 Å². The van der Waals surface area contributed by atoms with Gasteiger partial charge >= 0.3 is 10.2 Å². The lowest BCUT2D eigenvalue weighted by Gasteiger charge is -2.19. The lowest BCUT2D eigenvalue weighted by Crippen LogP contribution is -2.29. The molecular formula is C19H22N2O4S. The van der Waals surface area contributed by atoms with Crippen LogP contribution in [0.2, 0.25) is 0 Å². The van der Waals surface area contributed by atoms with Gasteiger partial charge < -0.3 is 10.2 Å². The Balaban J connectivity index is 1.82. The third-order valence-electron chi connectivity index (χ3n) is 4.24. The van der Waals surface area contributed by atoms with Crippen molar-refractivity contribution in [1.82, 2.24) is 4.72 Å². The van der Waals surface area contributed by atoms with Crippen molar-refractivity contribution in [2.24, 2.45) is 0 Å². The predicted octanol–water partition coefficient (Wildman–Crippen LogP) is 3.29. The molecule has 0 aliphatic carbocycles. The number of nitrogens with zero attached hydrogens (tertiary/aromatic N) is 1. The van der Waals surface area contributed by atoms with Crippen molar-refractivity contribution in [3.8, 4) is 5.75 Å². The highest BCUT2D eigenvalue weighted by molar-refractivity contribution is 7.91. The average Bonchev–Trinajstić information content (AvgIpc) is 2.79. The summed E-state index contributed by atoms with van der Waals surface area (Å²) in [4.78, 5) is 0. The first-order chi connectivity index (χ1) is 12.1. The number of rotatable bonds is 3. The van der Waals surface area contributed by atoms with Gasteiger partial charge in [0.05, 0.1) is 6.20 Å². The second kappa shape index (κ2) is 6.25. The van der Waals surface area contributed by atoms with Crippen molar-refractivity contribution in [3.05, 3.63) is 71.2 Å². The second-order valence-electron chi connectivity index (χ2n) is 7.36. The lowest BCUT2D eigenvalue weighted by atomic mass is 9.86. The molecule has 2 aromatic carbocycles. The summed E-state index contributed by atoms with van der Waals surface area (Å²) in [5.41, 5.74) is 3.36. The van der Waals surface area contributed by atoms with E-state index in [4.69, 9.17) is 0 Å². The van der Waals surface area contributed by atoms with Crippen molar-refractivity contribution in [1.29, 1.82) is 0 Å². The fourth-order valence-corrected chi connectivity index (χ4v) is 3.88. The molecule has 0 amide bonds. The highest BCUT2D eigenvalue weighted by Crippen LogP contribution is 2.33. The van der Waals surface area contributed by atoms with Crippen LogP contribution in [0.4, 0.5) is 5.69 Å². The number of aliphatic hydroxyl groups excluding tert-OH is 1. The molecule has 0 saturated carbocycles. The van der Waals surface area contributed by atoms with Crippen LogP contribution in [-0.2, 0) is 22.0 Å². The van der Waals surface area contributed by atoms with Gasteiger partial charge in [-0.25, -0.2) is 9.03 Å². The molecule has 2 aromatic rings. The zero-order chi connectivity index (χ0) is 19.1. The molecule has 0 bridgehead atoms. The molecule has 0 fully saturated rings. The molecule has 3 N–H and O–H groups in total. The fourth-order valence-electron chi connectivity index (χ4n) is 2.81. The van der Waals surface area contributed by atoms with E-state index in [0.717, 1.165) is 21.6 Å². The fraction of sp³-hybridized carbons (Fsp3) is 0.263. The number of aliphatic hydroxyl groups is 1. The molecule has 1 aliphatic rings. The van der Waals surface area contributed by atoms with Crippen molar-refractivity contribution >= 4 is 15.9 Å². The standard InChI is InChI=1S/C19H22N2O4S/c1-19(2,3)15-7-4-13(5-8-15)10-14-6-9-16(17(22)11-14)21-12-18(23)20-26(21,24)25/h4-9,11-12,20,22-23H,10H2,1-3H3. The van der Waals surface area contributed by atoms with Gasteiger partial charge in [0.1, 0.15) is 11.4 Å². The summed E-state index contributed by atoms with van der Waals surface area (Å²) in [6.45, 7) is 6.48. The largest absolute Gasteiger partial charge is 0.506 e. The maximum absolute atomic E-state index is 11.9. The minimum atomic E-state index is -3.92. The van der Waals surface area contributed by atoms with Gasteiger partial charge in [0.2, 0.25) is 5.88 Å². The first-order valence-corrected chi connectivity index (χ1v) is 9.64. The Labute approximate surface area is 153 Å². The third-order valence-corrected chi connectivity index (χ3v) is 5.52. The lowest BCUT2D eigenvalue weighted by molar-refractivity contribution is 0.392. The molecule has 0 unspecified atom stereocenters. The monoisotopic (exact) mass is 374 g/mol. The van der Waals surface area contributed by atoms with Crippen LogP contribution >= 0.6 is 0 Å². The molecule has 6 nitrogen and oxygen atoms in total. The van der Waals surface area contributed by atoms with E-state index in [0.29, 0.717) is 6.42 Å². The number of phenols is 1. The summed E-state index contributed by atoms with van der Waals surface area (Å²) >= 11 is 0. The van der Waals surface area contributed by atoms with Crippen LogP contribution in [0.25, 0.3) is 0 Å². The van der Waals surface area contributed by atoms with E-state index in [1.54, 1.807) is 6.07 Å². The summed E-state index contributed by atoms with van der Waals surface area (Å²) in [5.74, 6) is -0.669. The van der Waals surface area contributed by atoms with Crippen LogP contribution in [0, 0.1) is 0 Å². The van der Waals surface area contributed by atoms with Crippen molar-refractivity contribution in [2.45, 2.75) is 32.6 Å². The Morgan fingerprint density at radius 3 is 2.12 bits per heavy atom. The van der Waals surface area contributed by atoms with Gasteiger partial charge in [0, 0.05) is 0 Å². The van der Waals surface area contributed by atoms with Crippen LogP contribution in [0.3, 0.4) is 0 Å². The van der Waals surface area contributed by atoms with Crippen molar-refractivity contribution in [3.63, 3.8) is 0 Å². The molecule has 0 atom stereocenters. The Bertz CT molecular complexity index is 958. The molecule has 0 radical (unpaired) electrons. The maximum Gasteiger partial charge on any atom is 0.330 e. The molecule has 26 heavy (non-hydrogen) atoms. The van der Waals surface area contributed by atoms with Gasteiger partial charge in [-0.3, -0.25) is 0 Å². The molecule has 1 aliphatic heterocycles. The number of anilines is 1. The van der Waals surface area contributed by atoms with Gasteiger partial charge in [-0.1, -0.05) is 51.1 Å². The second-order valence-corrected chi connectivity index (χ2v) is 8.91. The zero-order valence-corrected chi connectivity index (χ0v) is 15.7. The van der Waals surface area contributed by atoms with Gasteiger partial charge in [0.15, 0.2) is 0 Å². The quantitative estimate of drug-likeness (QED) is 0.769. The number of hydrogen-bond donors (Lipinski definition) is 3. The summed E-state index contributed by atoms with van der Waals surface area (Å²) < 4.78 is 26.6. The Kier molecular flexibility index (Phi) is 4.36. The molecular weight excluding hydrogens is 352 g/mol. The zero-order valence-electron chi connectivity index (χ0n) is 14.9. The number of benzene rings is 2. The summed E-state index contributed by atoms with van der Waals surface area (Å²) in [7, 11) is -3.92. The Morgan fingerprint density at radius 1 is 1.00 bits per heavy atom. The molecule has 3 rings (SSSR count). The minimum Gasteiger partial charge on any atom is -0.506 e. The van der Waals surface area contributed by atoms with E-state index in [2.05, 4.69) is 45.0 Å². The Morgan fingerprint density at radius 2 is 1.62 bits per heavy atom. The van der Waals surface area contributed by atoms with E-state index in [-0.39, 0.29) is 16.9 Å². The van der Waals surface area contributed by atoms with Crippen LogP contribution in [0.5, 0.6) is 5.75 Å². The number of hydrogen-bond acceptors (Lipinski definition) is 4. The predicted molar refractivity (Wildman–Crippen MR) is 101 cm³/mol. The smallest absolute Gasteiger partial charge is 0.330 e. The van der Waals surface area contributed by atoms with E-state index < -0.39 is 16.1 Å². The first kappa shape index (κ1) is 18.1. The third kappa shape index (κ3) is 3.62. The minimum absolute atomic E-state index is 0.0772. The molecule has 138 valence electrons. The van der Waals surface area contributed by atoms with E-state index >= 15 is 0 Å². The van der Waals surface area contributed by atoms with Gasteiger partial charge in [-0.2, -0.15) is 8.42 Å². The van der Waals surface area contributed by atoms with Crippen LogP contribution in [0.1, 0.15) is 37.5 Å². The topological polar surface area (TPSA) is 89.9 Å².